The fourth-order valence-corrected chi connectivity index (χ4v) is 1.05. The molecule has 0 aliphatic carbocycles. The lowest BCUT2D eigenvalue weighted by Crippen LogP contribution is -2.25. The first-order valence-electron chi connectivity index (χ1n) is 4.36. The molecule has 0 spiro atoms. The molecule has 72 valence electrons. The van der Waals surface area contributed by atoms with Gasteiger partial charge in [-0.1, -0.05) is 0 Å². The Labute approximate surface area is 72.7 Å². The van der Waals surface area contributed by atoms with Gasteiger partial charge >= 0.3 is 5.97 Å². The van der Waals surface area contributed by atoms with E-state index in [4.69, 9.17) is 18.9 Å². The van der Waals surface area contributed by atoms with Gasteiger partial charge in [0.25, 0.3) is 0 Å². The molecule has 1 unspecified atom stereocenters. The Morgan fingerprint density at radius 1 is 1.08 bits per heavy atom. The summed E-state index contributed by atoms with van der Waals surface area (Å²) in [6.07, 6.45) is -0.345. The molecule has 0 aromatic heterocycles. The highest BCUT2D eigenvalue weighted by atomic mass is 17.0. The van der Waals surface area contributed by atoms with Gasteiger partial charge in [0, 0.05) is 19.8 Å². The summed E-state index contributed by atoms with van der Waals surface area (Å²) in [6, 6.07) is 0. The third kappa shape index (κ3) is 1.95. The lowest BCUT2D eigenvalue weighted by Gasteiger charge is -2.11. The second-order valence-electron chi connectivity index (χ2n) is 2.37. The molecule has 1 rings (SSSR count). The first-order chi connectivity index (χ1) is 5.79. The summed E-state index contributed by atoms with van der Waals surface area (Å²) < 4.78 is 20.9. The van der Waals surface area contributed by atoms with Crippen LogP contribution in [0.15, 0.2) is 0 Å². The van der Waals surface area contributed by atoms with Crippen LogP contribution in [0.5, 0.6) is 0 Å². The molecule has 0 bridgehead atoms. The van der Waals surface area contributed by atoms with Crippen LogP contribution in [0.1, 0.15) is 20.8 Å². The van der Waals surface area contributed by atoms with Crippen molar-refractivity contribution in [2.45, 2.75) is 33.0 Å². The lowest BCUT2D eigenvalue weighted by atomic mass is 10.6. The maximum Gasteiger partial charge on any atom is 0.340 e. The summed E-state index contributed by atoms with van der Waals surface area (Å²) in [5, 5.41) is 0. The van der Waals surface area contributed by atoms with Crippen LogP contribution in [0.25, 0.3) is 0 Å². The van der Waals surface area contributed by atoms with Gasteiger partial charge in [-0.05, 0) is 20.8 Å². The molecule has 0 amide bonds. The molecular formula is C8H16O4. The van der Waals surface area contributed by atoms with E-state index in [9.17, 15) is 0 Å². The van der Waals surface area contributed by atoms with Crippen molar-refractivity contribution in [1.29, 1.82) is 0 Å². The van der Waals surface area contributed by atoms with Crippen molar-refractivity contribution in [2.24, 2.45) is 0 Å². The summed E-state index contributed by atoms with van der Waals surface area (Å²) in [5.41, 5.74) is 0. The van der Waals surface area contributed by atoms with E-state index in [1.54, 1.807) is 0 Å². The summed E-state index contributed by atoms with van der Waals surface area (Å²) in [5.74, 6) is -0.903. The molecule has 1 saturated heterocycles. The third-order valence-electron chi connectivity index (χ3n) is 1.51. The maximum atomic E-state index is 5.28. The minimum absolute atomic E-state index is 0.345. The predicted octanol–water partition coefficient (Wildman–Crippen LogP) is 1.11. The van der Waals surface area contributed by atoms with Gasteiger partial charge in [-0.25, -0.2) is 0 Å². The second kappa shape index (κ2) is 4.18. The van der Waals surface area contributed by atoms with E-state index in [0.29, 0.717) is 19.8 Å². The number of hydrogen-bond donors (Lipinski definition) is 0. The van der Waals surface area contributed by atoms with E-state index < -0.39 is 5.97 Å². The SMILES string of the molecule is CCOC1OC1(OCC)OCC. The molecule has 1 heterocycles. The zero-order valence-corrected chi connectivity index (χ0v) is 7.83. The third-order valence-corrected chi connectivity index (χ3v) is 1.51. The van der Waals surface area contributed by atoms with Gasteiger partial charge < -0.3 is 14.2 Å². The van der Waals surface area contributed by atoms with E-state index in [-0.39, 0.29) is 6.29 Å². The van der Waals surface area contributed by atoms with E-state index in [1.165, 1.54) is 0 Å². The van der Waals surface area contributed by atoms with Crippen LogP contribution in [0, 0.1) is 0 Å². The van der Waals surface area contributed by atoms with Crippen LogP contribution in [-0.2, 0) is 18.9 Å². The van der Waals surface area contributed by atoms with Crippen LogP contribution in [0.2, 0.25) is 0 Å². The molecule has 0 N–H and O–H groups in total. The van der Waals surface area contributed by atoms with Crippen molar-refractivity contribution in [3.63, 3.8) is 0 Å². The topological polar surface area (TPSA) is 40.2 Å². The number of rotatable bonds is 6. The van der Waals surface area contributed by atoms with E-state index >= 15 is 0 Å². The molecule has 0 saturated carbocycles. The highest BCUT2D eigenvalue weighted by molar-refractivity contribution is 4.78. The first kappa shape index (κ1) is 9.92. The fourth-order valence-electron chi connectivity index (χ4n) is 1.05. The highest BCUT2D eigenvalue weighted by Gasteiger charge is 2.61. The standard InChI is InChI=1S/C8H16O4/c1-4-9-7-8(12-7,10-5-2)11-6-3/h7H,4-6H2,1-3H3. The van der Waals surface area contributed by atoms with Gasteiger partial charge in [0.1, 0.15) is 0 Å². The van der Waals surface area contributed by atoms with E-state index in [2.05, 4.69) is 0 Å². The van der Waals surface area contributed by atoms with E-state index in [1.807, 2.05) is 20.8 Å². The van der Waals surface area contributed by atoms with Crippen molar-refractivity contribution in [1.82, 2.24) is 0 Å². The Bertz CT molecular complexity index is 131. The number of epoxide rings is 1. The number of hydrogen-bond acceptors (Lipinski definition) is 4. The lowest BCUT2D eigenvalue weighted by molar-refractivity contribution is -0.227. The quantitative estimate of drug-likeness (QED) is 0.449. The van der Waals surface area contributed by atoms with Crippen molar-refractivity contribution in [2.75, 3.05) is 19.8 Å². The van der Waals surface area contributed by atoms with Crippen LogP contribution < -0.4 is 0 Å². The molecule has 0 aromatic rings. The molecule has 0 radical (unpaired) electrons. The normalized spacial score (nSPS) is 25.8. The van der Waals surface area contributed by atoms with Gasteiger partial charge in [-0.3, -0.25) is 4.74 Å². The second-order valence-corrected chi connectivity index (χ2v) is 2.37. The molecule has 0 aromatic carbocycles. The van der Waals surface area contributed by atoms with Gasteiger partial charge in [-0.15, -0.1) is 0 Å². The number of ether oxygens (including phenoxy) is 4. The fraction of sp³-hybridized carbons (Fsp3) is 1.00. The average molecular weight is 176 g/mol. The Balaban J connectivity index is 2.32. The molecule has 1 atom stereocenters. The summed E-state index contributed by atoms with van der Waals surface area (Å²) in [4.78, 5) is 0. The van der Waals surface area contributed by atoms with Crippen LogP contribution in [-0.4, -0.2) is 32.1 Å². The minimum Gasteiger partial charge on any atom is -0.346 e. The monoisotopic (exact) mass is 176 g/mol. The largest absolute Gasteiger partial charge is 0.346 e. The van der Waals surface area contributed by atoms with Gasteiger partial charge in [0.05, 0.1) is 0 Å². The van der Waals surface area contributed by atoms with Gasteiger partial charge in [-0.2, -0.15) is 0 Å². The Morgan fingerprint density at radius 2 is 1.67 bits per heavy atom. The maximum absolute atomic E-state index is 5.28. The molecule has 1 fully saturated rings. The van der Waals surface area contributed by atoms with E-state index in [0.717, 1.165) is 0 Å². The molecular weight excluding hydrogens is 160 g/mol. The molecule has 12 heavy (non-hydrogen) atoms. The minimum atomic E-state index is -0.903. The predicted molar refractivity (Wildman–Crippen MR) is 42.5 cm³/mol. The van der Waals surface area contributed by atoms with Crippen LogP contribution in [0.3, 0.4) is 0 Å². The van der Waals surface area contributed by atoms with Crippen molar-refractivity contribution in [3.05, 3.63) is 0 Å². The molecule has 1 aliphatic heterocycles. The van der Waals surface area contributed by atoms with Gasteiger partial charge in [0.2, 0.25) is 6.29 Å². The zero-order chi connectivity index (χ0) is 9.03. The van der Waals surface area contributed by atoms with Gasteiger partial charge in [0.15, 0.2) is 0 Å². The Hall–Kier alpha value is -0.160. The molecule has 4 heteroatoms. The average Bonchev–Trinajstić information content (AvgIpc) is 2.66. The molecule has 1 aliphatic rings. The Morgan fingerprint density at radius 3 is 2.08 bits per heavy atom. The highest BCUT2D eigenvalue weighted by Crippen LogP contribution is 2.39. The molecule has 4 nitrogen and oxygen atoms in total. The first-order valence-corrected chi connectivity index (χ1v) is 4.36. The summed E-state index contributed by atoms with van der Waals surface area (Å²) in [7, 11) is 0. The Kier molecular flexibility index (Phi) is 3.46. The van der Waals surface area contributed by atoms with Crippen molar-refractivity contribution >= 4 is 0 Å². The van der Waals surface area contributed by atoms with Crippen LogP contribution in [0.4, 0.5) is 0 Å². The smallest absolute Gasteiger partial charge is 0.340 e. The van der Waals surface area contributed by atoms with Crippen LogP contribution >= 0.6 is 0 Å². The summed E-state index contributed by atoms with van der Waals surface area (Å²) >= 11 is 0. The summed E-state index contributed by atoms with van der Waals surface area (Å²) in [6.45, 7) is 7.42. The van der Waals surface area contributed by atoms with Crippen molar-refractivity contribution < 1.29 is 18.9 Å². The zero-order valence-electron chi connectivity index (χ0n) is 7.83. The van der Waals surface area contributed by atoms with Crippen molar-refractivity contribution in [3.8, 4) is 0 Å².